The Balaban J connectivity index is 1.96. The summed E-state index contributed by atoms with van der Waals surface area (Å²) in [6, 6.07) is 8.00. The van der Waals surface area contributed by atoms with E-state index in [1.165, 1.54) is 12.1 Å². The van der Waals surface area contributed by atoms with Gasteiger partial charge in [0.1, 0.15) is 11.6 Å². The van der Waals surface area contributed by atoms with Crippen molar-refractivity contribution in [3.63, 3.8) is 0 Å². The highest BCUT2D eigenvalue weighted by atomic mass is 127. The van der Waals surface area contributed by atoms with Gasteiger partial charge in [-0.05, 0) is 60.2 Å². The third-order valence-corrected chi connectivity index (χ3v) is 6.17. The molecule has 1 aliphatic heterocycles. The maximum Gasteiger partial charge on any atom is 0.257 e. The van der Waals surface area contributed by atoms with Crippen LogP contribution in [-0.2, 0) is 0 Å². The Labute approximate surface area is 186 Å². The van der Waals surface area contributed by atoms with E-state index in [1.807, 2.05) is 6.07 Å². The largest absolute Gasteiger partial charge is 0.387 e. The van der Waals surface area contributed by atoms with Crippen LogP contribution < -0.4 is 5.32 Å². The number of likely N-dealkylation sites (tertiary alicyclic amines) is 1. The van der Waals surface area contributed by atoms with Crippen molar-refractivity contribution in [3.8, 4) is 0 Å². The number of rotatable bonds is 3. The van der Waals surface area contributed by atoms with E-state index in [4.69, 9.17) is 17.0 Å². The molecule has 1 amide bonds. The van der Waals surface area contributed by atoms with Crippen molar-refractivity contribution < 1.29 is 13.6 Å². The summed E-state index contributed by atoms with van der Waals surface area (Å²) < 4.78 is 28.1. The Bertz CT molecular complexity index is 984. The number of benzene rings is 2. The van der Waals surface area contributed by atoms with Gasteiger partial charge in [-0.25, -0.2) is 8.78 Å². The van der Waals surface area contributed by atoms with Crippen LogP contribution >= 0.6 is 34.2 Å². The molecule has 2 aromatic carbocycles. The van der Waals surface area contributed by atoms with Gasteiger partial charge in [-0.3, -0.25) is 4.79 Å². The number of halogens is 4. The van der Waals surface area contributed by atoms with Crippen LogP contribution in [0.1, 0.15) is 29.3 Å². The van der Waals surface area contributed by atoms with Gasteiger partial charge >= 0.3 is 0 Å². The molecule has 0 bridgehead atoms. The zero-order chi connectivity index (χ0) is 21.3. The molecular weight excluding hydrogens is 511 g/mol. The second-order valence-corrected chi connectivity index (χ2v) is 8.27. The Morgan fingerprint density at radius 1 is 1.28 bits per heavy atom. The van der Waals surface area contributed by atoms with Crippen LogP contribution in [0.25, 0.3) is 5.70 Å². The second-order valence-electron chi connectivity index (χ2n) is 6.70. The summed E-state index contributed by atoms with van der Waals surface area (Å²) in [6.45, 7) is 2.13. The lowest BCUT2D eigenvalue weighted by molar-refractivity contribution is 0.0727. The minimum Gasteiger partial charge on any atom is -0.387 e. The molecule has 29 heavy (non-hydrogen) atoms. The highest BCUT2D eigenvalue weighted by Gasteiger charge is 2.33. The van der Waals surface area contributed by atoms with Crippen LogP contribution in [0.5, 0.6) is 0 Å². The summed E-state index contributed by atoms with van der Waals surface area (Å²) in [6.07, 6.45) is 0.379. The van der Waals surface area contributed by atoms with Gasteiger partial charge in [0.05, 0.1) is 22.3 Å². The number of nitrogens with zero attached hydrogens (tertiary/aromatic N) is 1. The van der Waals surface area contributed by atoms with Crippen LogP contribution in [0.3, 0.4) is 0 Å². The summed E-state index contributed by atoms with van der Waals surface area (Å²) >= 11 is 8.31. The van der Waals surface area contributed by atoms with Gasteiger partial charge < -0.3 is 15.6 Å². The highest BCUT2D eigenvalue weighted by molar-refractivity contribution is 14.1. The van der Waals surface area contributed by atoms with Gasteiger partial charge in [0.2, 0.25) is 0 Å². The lowest BCUT2D eigenvalue weighted by atomic mass is 9.90. The fourth-order valence-electron chi connectivity index (χ4n) is 3.52. The van der Waals surface area contributed by atoms with Crippen LogP contribution in [0.2, 0.25) is 5.02 Å². The minimum atomic E-state index is -0.686. The van der Waals surface area contributed by atoms with Crippen molar-refractivity contribution in [2.45, 2.75) is 19.4 Å². The molecule has 0 aromatic heterocycles. The molecule has 0 spiro atoms. The minimum absolute atomic E-state index is 0.223. The molecule has 1 atom stereocenters. The zero-order valence-electron chi connectivity index (χ0n) is 15.8. The monoisotopic (exact) mass is 529 g/mol. The summed E-state index contributed by atoms with van der Waals surface area (Å²) in [4.78, 5) is 14.7. The zero-order valence-corrected chi connectivity index (χ0v) is 18.7. The average Bonchev–Trinajstić information content (AvgIpc) is 2.65. The fourth-order valence-corrected chi connectivity index (χ4v) is 4.66. The molecule has 1 fully saturated rings. The van der Waals surface area contributed by atoms with Gasteiger partial charge in [0, 0.05) is 40.1 Å². The van der Waals surface area contributed by atoms with E-state index < -0.39 is 17.7 Å². The van der Waals surface area contributed by atoms with Gasteiger partial charge in [-0.1, -0.05) is 17.7 Å². The number of piperidine rings is 1. The molecule has 1 saturated heterocycles. The standard InChI is InChI=1S/C21H19ClF2IN3O/c1-11-19(26)15(20(27-2)12-8-13(23)10-14(24)9-12)6-7-28(11)21(29)18-16(22)4-3-5-17(18)25/h3-5,8-11,26-27H,6-7H2,1-2H3/b20-15-,26-19?/t11-/m0/s1. The molecule has 2 aromatic rings. The topological polar surface area (TPSA) is 56.2 Å². The number of hydrogen-bond acceptors (Lipinski definition) is 3. The third-order valence-electron chi connectivity index (χ3n) is 4.95. The van der Waals surface area contributed by atoms with Crippen LogP contribution in [0.15, 0.2) is 42.0 Å². The molecule has 152 valence electrons. The van der Waals surface area contributed by atoms with Crippen molar-refractivity contribution in [3.05, 3.63) is 73.3 Å². The Kier molecular flexibility index (Phi) is 6.58. The fraction of sp³-hybridized carbons (Fsp3) is 0.238. The molecule has 1 aliphatic rings. The van der Waals surface area contributed by atoms with Gasteiger partial charge in [0.15, 0.2) is 0 Å². The molecular formula is C21H19ClF2IN3O. The van der Waals surface area contributed by atoms with E-state index in [0.717, 1.165) is 9.64 Å². The number of carbonyl (C=O) groups is 1. The molecule has 1 heterocycles. The second kappa shape index (κ2) is 8.79. The molecule has 2 N–H and O–H groups in total. The molecule has 3 rings (SSSR count). The van der Waals surface area contributed by atoms with E-state index in [0.29, 0.717) is 40.4 Å². The van der Waals surface area contributed by atoms with E-state index in [2.05, 4.69) is 27.9 Å². The summed E-state index contributed by atoms with van der Waals surface area (Å²) in [5.41, 5.74) is 2.09. The van der Waals surface area contributed by atoms with E-state index in [-0.39, 0.29) is 11.6 Å². The van der Waals surface area contributed by atoms with Gasteiger partial charge in [-0.15, -0.1) is 0 Å². The number of carbonyl (C=O) groups excluding carboxylic acids is 1. The molecule has 4 nitrogen and oxygen atoms in total. The van der Waals surface area contributed by atoms with Gasteiger partial charge in [-0.2, -0.15) is 0 Å². The Morgan fingerprint density at radius 3 is 2.52 bits per heavy atom. The first-order valence-electron chi connectivity index (χ1n) is 8.95. The van der Waals surface area contributed by atoms with Crippen molar-refractivity contribution in [2.24, 2.45) is 0 Å². The Morgan fingerprint density at radius 2 is 1.93 bits per heavy atom. The van der Waals surface area contributed by atoms with Crippen molar-refractivity contribution >= 4 is 51.5 Å². The quantitative estimate of drug-likeness (QED) is 0.543. The predicted octanol–water partition coefficient (Wildman–Crippen LogP) is 5.11. The number of nitrogens with one attached hydrogen (secondary N) is 2. The van der Waals surface area contributed by atoms with Crippen molar-refractivity contribution in [2.75, 3.05) is 13.6 Å². The van der Waals surface area contributed by atoms with Crippen LogP contribution in [-0.4, -0.2) is 36.2 Å². The van der Waals surface area contributed by atoms with Crippen LogP contribution in [0.4, 0.5) is 8.78 Å². The number of amides is 1. The van der Waals surface area contributed by atoms with E-state index in [1.54, 1.807) is 31.0 Å². The first-order chi connectivity index (χ1) is 13.7. The van der Waals surface area contributed by atoms with Gasteiger partial charge in [0.25, 0.3) is 5.91 Å². The smallest absolute Gasteiger partial charge is 0.257 e. The summed E-state index contributed by atoms with van der Waals surface area (Å²) in [5.74, 6) is -1.61. The molecule has 0 unspecified atom stereocenters. The first kappa shape index (κ1) is 21.7. The maximum absolute atomic E-state index is 13.7. The Hall–Kier alpha value is -2.00. The SMILES string of the molecule is CN/C(=C1/CCN(C(=O)c2c(Cl)cccc2I)[C@@H](C)C1=N)c1cc(F)cc(F)c1. The third kappa shape index (κ3) is 4.30. The molecule has 0 radical (unpaired) electrons. The van der Waals surface area contributed by atoms with Crippen molar-refractivity contribution in [1.82, 2.24) is 10.2 Å². The summed E-state index contributed by atoms with van der Waals surface area (Å²) in [7, 11) is 1.65. The van der Waals surface area contributed by atoms with Crippen LogP contribution in [0, 0.1) is 20.6 Å². The first-order valence-corrected chi connectivity index (χ1v) is 10.4. The normalized spacial score (nSPS) is 18.6. The lowest BCUT2D eigenvalue weighted by Crippen LogP contribution is -2.48. The van der Waals surface area contributed by atoms with E-state index in [9.17, 15) is 13.6 Å². The lowest BCUT2D eigenvalue weighted by Gasteiger charge is -2.36. The summed E-state index contributed by atoms with van der Waals surface area (Å²) in [5, 5.41) is 12.0. The van der Waals surface area contributed by atoms with E-state index >= 15 is 0 Å². The number of hydrogen-bond donors (Lipinski definition) is 2. The highest BCUT2D eigenvalue weighted by Crippen LogP contribution is 2.30. The predicted molar refractivity (Wildman–Crippen MR) is 119 cm³/mol. The molecule has 8 heteroatoms. The molecule has 0 saturated carbocycles. The van der Waals surface area contributed by atoms with Crippen molar-refractivity contribution in [1.29, 1.82) is 5.41 Å². The molecule has 0 aliphatic carbocycles. The maximum atomic E-state index is 13.7. The average molecular weight is 530 g/mol.